The number of rotatable bonds is 8. The van der Waals surface area contributed by atoms with Gasteiger partial charge in [-0.3, -0.25) is 0 Å². The minimum atomic E-state index is -0.560. The van der Waals surface area contributed by atoms with Gasteiger partial charge in [0, 0.05) is 11.5 Å². The molecule has 0 heterocycles. The van der Waals surface area contributed by atoms with Crippen LogP contribution < -0.4 is 0 Å². The van der Waals surface area contributed by atoms with E-state index in [2.05, 4.69) is 61.1 Å². The highest BCUT2D eigenvalue weighted by molar-refractivity contribution is 5.78. The minimum Gasteiger partial charge on any atom is -0.207 e. The van der Waals surface area contributed by atoms with E-state index in [9.17, 15) is 13.2 Å². The third-order valence-corrected chi connectivity index (χ3v) is 6.75. The van der Waals surface area contributed by atoms with Crippen molar-refractivity contribution in [3.8, 4) is 0 Å². The molecule has 1 atom stereocenters. The lowest BCUT2D eigenvalue weighted by atomic mass is 9.78. The van der Waals surface area contributed by atoms with Crippen LogP contribution in [0.1, 0.15) is 111 Å². The van der Waals surface area contributed by atoms with Crippen LogP contribution in [0.15, 0.2) is 71.8 Å². The summed E-state index contributed by atoms with van der Waals surface area (Å²) in [5, 5.41) is 0. The summed E-state index contributed by atoms with van der Waals surface area (Å²) >= 11 is 0. The lowest BCUT2D eigenvalue weighted by Crippen LogP contribution is -2.11. The van der Waals surface area contributed by atoms with Crippen molar-refractivity contribution in [3.05, 3.63) is 100 Å². The Bertz CT molecular complexity index is 1030. The molecule has 37 heavy (non-hydrogen) atoms. The summed E-state index contributed by atoms with van der Waals surface area (Å²) in [5.74, 6) is -1.44. The summed E-state index contributed by atoms with van der Waals surface area (Å²) in [4.78, 5) is 0. The SMILES string of the molecule is C=C(CC(C)c1cc(F)cc(F)c1)C1(/C(=C\C(C)=C(C)C)c2ccc(F)cc2)CC1.CCC.CCCC. The zero-order valence-corrected chi connectivity index (χ0v) is 24.3. The zero-order valence-electron chi connectivity index (χ0n) is 24.3. The van der Waals surface area contributed by atoms with Gasteiger partial charge in [0.15, 0.2) is 0 Å². The molecule has 0 bridgehead atoms. The van der Waals surface area contributed by atoms with E-state index >= 15 is 0 Å². The molecule has 0 radical (unpaired) electrons. The maximum absolute atomic E-state index is 13.7. The lowest BCUT2D eigenvalue weighted by Gasteiger charge is -2.26. The van der Waals surface area contributed by atoms with E-state index < -0.39 is 11.6 Å². The first-order valence-electron chi connectivity index (χ1n) is 13.7. The zero-order chi connectivity index (χ0) is 28.2. The van der Waals surface area contributed by atoms with Gasteiger partial charge in [-0.2, -0.15) is 0 Å². The fourth-order valence-corrected chi connectivity index (χ4v) is 3.97. The Labute approximate surface area is 224 Å². The fourth-order valence-electron chi connectivity index (χ4n) is 3.97. The van der Waals surface area contributed by atoms with Crippen molar-refractivity contribution in [3.63, 3.8) is 0 Å². The van der Waals surface area contributed by atoms with E-state index in [-0.39, 0.29) is 17.2 Å². The number of allylic oxidation sites excluding steroid dienone is 5. The quantitative estimate of drug-likeness (QED) is 0.244. The van der Waals surface area contributed by atoms with Gasteiger partial charge >= 0.3 is 0 Å². The van der Waals surface area contributed by atoms with E-state index in [1.165, 1.54) is 54.7 Å². The van der Waals surface area contributed by atoms with Crippen LogP contribution >= 0.6 is 0 Å². The van der Waals surface area contributed by atoms with Crippen LogP contribution in [0.3, 0.4) is 0 Å². The summed E-state index contributed by atoms with van der Waals surface area (Å²) < 4.78 is 40.9. The first-order valence-corrected chi connectivity index (χ1v) is 13.7. The molecule has 0 N–H and O–H groups in total. The van der Waals surface area contributed by atoms with E-state index in [4.69, 9.17) is 0 Å². The highest BCUT2D eigenvalue weighted by atomic mass is 19.1. The molecule has 0 aromatic heterocycles. The second kappa shape index (κ2) is 15.6. The van der Waals surface area contributed by atoms with Gasteiger partial charge in [0.1, 0.15) is 17.5 Å². The normalized spacial score (nSPS) is 14.4. The Hall–Kier alpha value is -2.55. The lowest BCUT2D eigenvalue weighted by molar-refractivity contribution is 0.572. The van der Waals surface area contributed by atoms with Crippen molar-refractivity contribution in [2.75, 3.05) is 0 Å². The Morgan fingerprint density at radius 1 is 0.865 bits per heavy atom. The first-order chi connectivity index (χ1) is 17.4. The average molecular weight is 513 g/mol. The Morgan fingerprint density at radius 3 is 1.76 bits per heavy atom. The van der Waals surface area contributed by atoms with Gasteiger partial charge < -0.3 is 0 Å². The van der Waals surface area contributed by atoms with Crippen LogP contribution in [0.2, 0.25) is 0 Å². The van der Waals surface area contributed by atoms with Gasteiger partial charge in [-0.25, -0.2) is 13.2 Å². The van der Waals surface area contributed by atoms with E-state index in [1.807, 2.05) is 19.1 Å². The van der Waals surface area contributed by atoms with Gasteiger partial charge in [0.05, 0.1) is 0 Å². The molecule has 3 rings (SSSR count). The van der Waals surface area contributed by atoms with Gasteiger partial charge in [0.25, 0.3) is 0 Å². The van der Waals surface area contributed by atoms with Crippen LogP contribution in [-0.4, -0.2) is 0 Å². The number of hydrogen-bond donors (Lipinski definition) is 0. The molecule has 204 valence electrons. The fraction of sp³-hybridized carbons (Fsp3) is 0.471. The van der Waals surface area contributed by atoms with Crippen molar-refractivity contribution in [2.45, 2.75) is 99.8 Å². The number of halogens is 3. The van der Waals surface area contributed by atoms with Gasteiger partial charge in [-0.05, 0) is 86.9 Å². The number of benzene rings is 2. The molecule has 1 fully saturated rings. The molecule has 0 nitrogen and oxygen atoms in total. The Morgan fingerprint density at radius 2 is 1.35 bits per heavy atom. The van der Waals surface area contributed by atoms with Gasteiger partial charge in [0.2, 0.25) is 0 Å². The summed E-state index contributed by atoms with van der Waals surface area (Å²) in [5.41, 5.74) is 6.03. The van der Waals surface area contributed by atoms with Gasteiger partial charge in [-0.15, -0.1) is 0 Å². The van der Waals surface area contributed by atoms with Crippen molar-refractivity contribution >= 4 is 5.57 Å². The van der Waals surface area contributed by atoms with Crippen LogP contribution in [-0.2, 0) is 0 Å². The van der Waals surface area contributed by atoms with Crippen molar-refractivity contribution in [1.29, 1.82) is 0 Å². The van der Waals surface area contributed by atoms with Crippen molar-refractivity contribution < 1.29 is 13.2 Å². The third kappa shape index (κ3) is 10.0. The molecular weight excluding hydrogens is 465 g/mol. The van der Waals surface area contributed by atoms with E-state index in [1.54, 1.807) is 0 Å². The maximum atomic E-state index is 13.7. The third-order valence-electron chi connectivity index (χ3n) is 6.75. The molecule has 1 saturated carbocycles. The predicted octanol–water partition coefficient (Wildman–Crippen LogP) is 11.6. The largest absolute Gasteiger partial charge is 0.207 e. The summed E-state index contributed by atoms with van der Waals surface area (Å²) in [6, 6.07) is 10.3. The molecule has 1 aliphatic rings. The van der Waals surface area contributed by atoms with Crippen LogP contribution in [0, 0.1) is 22.9 Å². The monoisotopic (exact) mass is 512 g/mol. The standard InChI is InChI=1S/C27H29F3.C4H10.C3H8/c1-17(2)18(3)13-26(21-6-8-23(28)9-7-21)27(10-11-27)20(5)12-19(4)22-14-24(29)16-25(30)15-22;1-3-4-2;1-3-2/h6-9,13-16,19H,5,10-12H2,1-4H3;3-4H2,1-2H3;3H2,1-2H3/b26-13-;;. The maximum Gasteiger partial charge on any atom is 0.126 e. The van der Waals surface area contributed by atoms with E-state index in [0.29, 0.717) is 12.0 Å². The van der Waals surface area contributed by atoms with Crippen LogP contribution in [0.4, 0.5) is 13.2 Å². The average Bonchev–Trinajstić information content (AvgIpc) is 3.65. The Balaban J connectivity index is 0.000000873. The number of unbranched alkanes of at least 4 members (excludes halogenated alkanes) is 1. The minimum absolute atomic E-state index is 0.0563. The molecular formula is C34H47F3. The number of hydrogen-bond acceptors (Lipinski definition) is 0. The highest BCUT2D eigenvalue weighted by Crippen LogP contribution is 2.62. The second-order valence-electron chi connectivity index (χ2n) is 10.4. The van der Waals surface area contributed by atoms with Crippen molar-refractivity contribution in [2.24, 2.45) is 5.41 Å². The second-order valence-corrected chi connectivity index (χ2v) is 10.4. The molecule has 0 saturated heterocycles. The molecule has 0 amide bonds. The summed E-state index contributed by atoms with van der Waals surface area (Å²) in [6.45, 7) is 21.2. The highest BCUT2D eigenvalue weighted by Gasteiger charge is 2.48. The molecule has 3 heteroatoms. The van der Waals surface area contributed by atoms with Crippen LogP contribution in [0.25, 0.3) is 5.57 Å². The molecule has 1 unspecified atom stereocenters. The van der Waals surface area contributed by atoms with Crippen LogP contribution in [0.5, 0.6) is 0 Å². The van der Waals surface area contributed by atoms with Crippen molar-refractivity contribution in [1.82, 2.24) is 0 Å². The summed E-state index contributed by atoms with van der Waals surface area (Å²) in [6.07, 6.45) is 8.65. The van der Waals surface area contributed by atoms with E-state index in [0.717, 1.165) is 35.6 Å². The smallest absolute Gasteiger partial charge is 0.126 e. The Kier molecular flexibility index (Phi) is 13.7. The first kappa shape index (κ1) is 32.5. The van der Waals surface area contributed by atoms with Gasteiger partial charge in [-0.1, -0.05) is 95.4 Å². The predicted molar refractivity (Wildman–Crippen MR) is 155 cm³/mol. The topological polar surface area (TPSA) is 0 Å². The molecule has 1 aliphatic carbocycles. The molecule has 0 spiro atoms. The molecule has 2 aromatic carbocycles. The molecule has 2 aromatic rings. The summed E-state index contributed by atoms with van der Waals surface area (Å²) in [7, 11) is 0. The molecule has 0 aliphatic heterocycles.